The lowest BCUT2D eigenvalue weighted by atomic mass is 10.1. The Hall–Kier alpha value is -1.03. The molecule has 19 heavy (non-hydrogen) atoms. The highest BCUT2D eigenvalue weighted by Gasteiger charge is 2.23. The predicted molar refractivity (Wildman–Crippen MR) is 79.2 cm³/mol. The van der Waals surface area contributed by atoms with Crippen LogP contribution in [0, 0.1) is 5.92 Å². The molecule has 2 rings (SSSR count). The maximum absolute atomic E-state index is 11.9. The summed E-state index contributed by atoms with van der Waals surface area (Å²) in [6.45, 7) is 4.06. The minimum Gasteiger partial charge on any atom is -0.383 e. The van der Waals surface area contributed by atoms with Crippen LogP contribution < -0.4 is 5.32 Å². The predicted octanol–water partition coefficient (Wildman–Crippen LogP) is 3.47. The summed E-state index contributed by atoms with van der Waals surface area (Å²) < 4.78 is 23.8. The zero-order valence-electron chi connectivity index (χ0n) is 11.7. The SMILES string of the molecule is CCCS(=O)(=O)c1ccc(NC(C)CC2CC2)cc1. The summed E-state index contributed by atoms with van der Waals surface area (Å²) in [5.74, 6) is 1.12. The summed E-state index contributed by atoms with van der Waals surface area (Å²) in [5, 5.41) is 3.43. The van der Waals surface area contributed by atoms with Gasteiger partial charge in [0.15, 0.2) is 9.84 Å². The molecule has 1 aromatic rings. The van der Waals surface area contributed by atoms with Crippen molar-refractivity contribution in [3.05, 3.63) is 24.3 Å². The fraction of sp³-hybridized carbons (Fsp3) is 0.600. The maximum Gasteiger partial charge on any atom is 0.178 e. The number of anilines is 1. The summed E-state index contributed by atoms with van der Waals surface area (Å²) in [4.78, 5) is 0.426. The van der Waals surface area contributed by atoms with Gasteiger partial charge in [0.1, 0.15) is 0 Å². The molecule has 0 aliphatic heterocycles. The van der Waals surface area contributed by atoms with E-state index in [1.165, 1.54) is 19.3 Å². The van der Waals surface area contributed by atoms with Gasteiger partial charge in [-0.1, -0.05) is 19.8 Å². The summed E-state index contributed by atoms with van der Waals surface area (Å²) >= 11 is 0. The van der Waals surface area contributed by atoms with E-state index in [1.54, 1.807) is 12.1 Å². The minimum absolute atomic E-state index is 0.220. The fourth-order valence-electron chi connectivity index (χ4n) is 2.34. The van der Waals surface area contributed by atoms with E-state index < -0.39 is 9.84 Å². The first-order valence-corrected chi connectivity index (χ1v) is 8.76. The third-order valence-corrected chi connectivity index (χ3v) is 5.42. The Morgan fingerprint density at radius 1 is 1.26 bits per heavy atom. The van der Waals surface area contributed by atoms with E-state index in [0.717, 1.165) is 11.6 Å². The van der Waals surface area contributed by atoms with Gasteiger partial charge in [0.05, 0.1) is 10.6 Å². The Balaban J connectivity index is 1.97. The third-order valence-electron chi connectivity index (χ3n) is 3.48. The van der Waals surface area contributed by atoms with Gasteiger partial charge in [-0.25, -0.2) is 8.42 Å². The van der Waals surface area contributed by atoms with Crippen LogP contribution in [0.2, 0.25) is 0 Å². The first-order valence-electron chi connectivity index (χ1n) is 7.10. The van der Waals surface area contributed by atoms with Crippen LogP contribution in [0.3, 0.4) is 0 Å². The second kappa shape index (κ2) is 5.95. The smallest absolute Gasteiger partial charge is 0.178 e. The molecular weight excluding hydrogens is 258 g/mol. The Bertz CT molecular complexity index is 503. The van der Waals surface area contributed by atoms with Crippen LogP contribution in [0.15, 0.2) is 29.2 Å². The molecule has 3 nitrogen and oxygen atoms in total. The summed E-state index contributed by atoms with van der Waals surface area (Å²) in [6, 6.07) is 7.59. The van der Waals surface area contributed by atoms with Crippen LogP contribution in [0.5, 0.6) is 0 Å². The zero-order chi connectivity index (χ0) is 13.9. The highest BCUT2D eigenvalue weighted by molar-refractivity contribution is 7.91. The molecule has 0 bridgehead atoms. The summed E-state index contributed by atoms with van der Waals surface area (Å²) in [7, 11) is -3.09. The average Bonchev–Trinajstić information content (AvgIpc) is 3.13. The van der Waals surface area contributed by atoms with Crippen molar-refractivity contribution < 1.29 is 8.42 Å². The molecule has 1 saturated carbocycles. The van der Waals surface area contributed by atoms with Gasteiger partial charge >= 0.3 is 0 Å². The third kappa shape index (κ3) is 4.23. The average molecular weight is 281 g/mol. The molecule has 1 aliphatic rings. The molecule has 0 heterocycles. The lowest BCUT2D eigenvalue weighted by Crippen LogP contribution is -2.15. The first kappa shape index (κ1) is 14.4. The van der Waals surface area contributed by atoms with Gasteiger partial charge in [-0.2, -0.15) is 0 Å². The second-order valence-corrected chi connectivity index (χ2v) is 7.68. The molecule has 1 unspecified atom stereocenters. The standard InChI is InChI=1S/C15H23NO2S/c1-3-10-19(17,18)15-8-6-14(7-9-15)16-12(2)11-13-4-5-13/h6-9,12-13,16H,3-5,10-11H2,1-2H3. The van der Waals surface area contributed by atoms with Gasteiger partial charge in [-0.15, -0.1) is 0 Å². The largest absolute Gasteiger partial charge is 0.383 e. The topological polar surface area (TPSA) is 46.2 Å². The Kier molecular flexibility index (Phi) is 4.50. The number of hydrogen-bond acceptors (Lipinski definition) is 3. The molecule has 1 fully saturated rings. The van der Waals surface area contributed by atoms with Crippen molar-refractivity contribution in [1.82, 2.24) is 0 Å². The van der Waals surface area contributed by atoms with Crippen LogP contribution in [-0.2, 0) is 9.84 Å². The second-order valence-electron chi connectivity index (χ2n) is 5.57. The monoisotopic (exact) mass is 281 g/mol. The van der Waals surface area contributed by atoms with E-state index in [1.807, 2.05) is 19.1 Å². The molecular formula is C15H23NO2S. The van der Waals surface area contributed by atoms with E-state index in [4.69, 9.17) is 0 Å². The minimum atomic E-state index is -3.09. The van der Waals surface area contributed by atoms with Gasteiger partial charge in [0.25, 0.3) is 0 Å². The number of sulfone groups is 1. The van der Waals surface area contributed by atoms with Gasteiger partial charge in [-0.05, 0) is 49.9 Å². The lowest BCUT2D eigenvalue weighted by Gasteiger charge is -2.15. The number of benzene rings is 1. The van der Waals surface area contributed by atoms with E-state index in [9.17, 15) is 8.42 Å². The fourth-order valence-corrected chi connectivity index (χ4v) is 3.67. The van der Waals surface area contributed by atoms with E-state index in [-0.39, 0.29) is 5.75 Å². The van der Waals surface area contributed by atoms with Crippen LogP contribution in [0.4, 0.5) is 5.69 Å². The maximum atomic E-state index is 11.9. The normalized spacial score (nSPS) is 17.2. The van der Waals surface area contributed by atoms with Crippen molar-refractivity contribution in [3.8, 4) is 0 Å². The number of rotatable bonds is 7. The lowest BCUT2D eigenvalue weighted by molar-refractivity contribution is 0.594. The van der Waals surface area contributed by atoms with Crippen molar-refractivity contribution >= 4 is 15.5 Å². The Morgan fingerprint density at radius 3 is 2.42 bits per heavy atom. The quantitative estimate of drug-likeness (QED) is 0.832. The first-order chi connectivity index (χ1) is 9.01. The van der Waals surface area contributed by atoms with Crippen LogP contribution in [0.25, 0.3) is 0 Å². The van der Waals surface area contributed by atoms with Crippen molar-refractivity contribution in [3.63, 3.8) is 0 Å². The molecule has 4 heteroatoms. The Labute approximate surface area is 116 Å². The molecule has 1 N–H and O–H groups in total. The molecule has 1 aromatic carbocycles. The summed E-state index contributed by atoms with van der Waals surface area (Å²) in [6.07, 6.45) is 4.58. The van der Waals surface area contributed by atoms with E-state index in [2.05, 4.69) is 12.2 Å². The highest BCUT2D eigenvalue weighted by Crippen LogP contribution is 2.34. The van der Waals surface area contributed by atoms with Gasteiger partial charge in [-0.3, -0.25) is 0 Å². The molecule has 1 aliphatic carbocycles. The van der Waals surface area contributed by atoms with Gasteiger partial charge < -0.3 is 5.32 Å². The van der Waals surface area contributed by atoms with Crippen molar-refractivity contribution in [2.24, 2.45) is 5.92 Å². The van der Waals surface area contributed by atoms with Crippen LogP contribution in [-0.4, -0.2) is 20.2 Å². The van der Waals surface area contributed by atoms with E-state index in [0.29, 0.717) is 17.4 Å². The highest BCUT2D eigenvalue weighted by atomic mass is 32.2. The van der Waals surface area contributed by atoms with Gasteiger partial charge in [0, 0.05) is 11.7 Å². The zero-order valence-corrected chi connectivity index (χ0v) is 12.5. The molecule has 1 atom stereocenters. The molecule has 0 aromatic heterocycles. The van der Waals surface area contributed by atoms with Crippen LogP contribution >= 0.6 is 0 Å². The van der Waals surface area contributed by atoms with Crippen molar-refractivity contribution in [2.45, 2.75) is 50.5 Å². The summed E-state index contributed by atoms with van der Waals surface area (Å²) in [5.41, 5.74) is 1.00. The Morgan fingerprint density at radius 2 is 1.89 bits per heavy atom. The molecule has 106 valence electrons. The van der Waals surface area contributed by atoms with Crippen molar-refractivity contribution in [1.29, 1.82) is 0 Å². The number of nitrogens with one attached hydrogen (secondary N) is 1. The van der Waals surface area contributed by atoms with Gasteiger partial charge in [0.2, 0.25) is 0 Å². The number of hydrogen-bond donors (Lipinski definition) is 1. The molecule has 0 radical (unpaired) electrons. The molecule has 0 amide bonds. The van der Waals surface area contributed by atoms with E-state index >= 15 is 0 Å². The molecule has 0 spiro atoms. The van der Waals surface area contributed by atoms with Crippen LogP contribution in [0.1, 0.15) is 39.5 Å². The molecule has 0 saturated heterocycles. The van der Waals surface area contributed by atoms with Crippen molar-refractivity contribution in [2.75, 3.05) is 11.1 Å².